The standard InChI is InChI=1S/C11H20O/c1-3-5-6-7-8-9-10-11(12)4-2/h4,8-9,11-12H,2-3,5-7,10H2,1H3. The zero-order valence-corrected chi connectivity index (χ0v) is 8.00. The largest absolute Gasteiger partial charge is 0.389 e. The Hall–Kier alpha value is -0.560. The fourth-order valence-electron chi connectivity index (χ4n) is 0.962. The maximum absolute atomic E-state index is 9.09. The highest BCUT2D eigenvalue weighted by molar-refractivity contribution is 4.89. The van der Waals surface area contributed by atoms with Crippen molar-refractivity contribution in [2.45, 2.75) is 45.1 Å². The molecule has 0 fully saturated rings. The molecule has 70 valence electrons. The second-order valence-electron chi connectivity index (χ2n) is 3.01. The number of hydrogen-bond donors (Lipinski definition) is 1. The Kier molecular flexibility index (Phi) is 8.14. The molecule has 0 amide bonds. The van der Waals surface area contributed by atoms with E-state index >= 15 is 0 Å². The molecular weight excluding hydrogens is 148 g/mol. The Morgan fingerprint density at radius 2 is 2.08 bits per heavy atom. The second kappa shape index (κ2) is 8.54. The summed E-state index contributed by atoms with van der Waals surface area (Å²) < 4.78 is 0. The van der Waals surface area contributed by atoms with Crippen LogP contribution in [0.5, 0.6) is 0 Å². The molecule has 1 N–H and O–H groups in total. The minimum Gasteiger partial charge on any atom is -0.389 e. The molecule has 0 saturated carbocycles. The number of aliphatic hydroxyl groups excluding tert-OH is 1. The lowest BCUT2D eigenvalue weighted by molar-refractivity contribution is 0.227. The van der Waals surface area contributed by atoms with Gasteiger partial charge in [-0.15, -0.1) is 6.58 Å². The molecule has 0 heterocycles. The molecule has 0 saturated heterocycles. The van der Waals surface area contributed by atoms with Gasteiger partial charge in [-0.05, 0) is 19.3 Å². The van der Waals surface area contributed by atoms with Crippen LogP contribution in [-0.2, 0) is 0 Å². The van der Waals surface area contributed by atoms with E-state index in [0.29, 0.717) is 6.42 Å². The molecule has 1 unspecified atom stereocenters. The van der Waals surface area contributed by atoms with E-state index in [0.717, 1.165) is 6.42 Å². The fourth-order valence-corrected chi connectivity index (χ4v) is 0.962. The molecular formula is C11H20O. The summed E-state index contributed by atoms with van der Waals surface area (Å²) in [5.41, 5.74) is 0. The lowest BCUT2D eigenvalue weighted by Crippen LogP contribution is -1.97. The number of hydrogen-bond acceptors (Lipinski definition) is 1. The van der Waals surface area contributed by atoms with Gasteiger partial charge in [-0.25, -0.2) is 0 Å². The Labute approximate surface area is 75.8 Å². The smallest absolute Gasteiger partial charge is 0.0752 e. The lowest BCUT2D eigenvalue weighted by atomic mass is 10.1. The molecule has 0 aromatic rings. The maximum Gasteiger partial charge on any atom is 0.0752 e. The van der Waals surface area contributed by atoms with Crippen LogP contribution >= 0.6 is 0 Å². The first-order chi connectivity index (χ1) is 5.81. The van der Waals surface area contributed by atoms with Crippen LogP contribution in [0, 0.1) is 0 Å². The third-order valence-electron chi connectivity index (χ3n) is 1.79. The second-order valence-corrected chi connectivity index (χ2v) is 3.01. The molecule has 0 aliphatic rings. The van der Waals surface area contributed by atoms with Gasteiger partial charge < -0.3 is 5.11 Å². The van der Waals surface area contributed by atoms with E-state index in [2.05, 4.69) is 19.6 Å². The Morgan fingerprint density at radius 1 is 1.33 bits per heavy atom. The summed E-state index contributed by atoms with van der Waals surface area (Å²) in [5.74, 6) is 0. The molecule has 0 aromatic carbocycles. The number of unbranched alkanes of at least 4 members (excludes halogenated alkanes) is 3. The topological polar surface area (TPSA) is 20.2 Å². The highest BCUT2D eigenvalue weighted by Gasteiger charge is 1.91. The first-order valence-corrected chi connectivity index (χ1v) is 4.76. The van der Waals surface area contributed by atoms with Crippen molar-refractivity contribution in [2.75, 3.05) is 0 Å². The van der Waals surface area contributed by atoms with Gasteiger partial charge in [0.1, 0.15) is 0 Å². The molecule has 0 aromatic heterocycles. The van der Waals surface area contributed by atoms with Crippen LogP contribution in [0.1, 0.15) is 39.0 Å². The van der Waals surface area contributed by atoms with Gasteiger partial charge in [-0.3, -0.25) is 0 Å². The van der Waals surface area contributed by atoms with Gasteiger partial charge in [-0.2, -0.15) is 0 Å². The van der Waals surface area contributed by atoms with Crippen molar-refractivity contribution in [3.05, 3.63) is 24.8 Å². The van der Waals surface area contributed by atoms with Crippen LogP contribution < -0.4 is 0 Å². The summed E-state index contributed by atoms with van der Waals surface area (Å²) in [4.78, 5) is 0. The third kappa shape index (κ3) is 7.55. The molecule has 1 nitrogen and oxygen atoms in total. The van der Waals surface area contributed by atoms with Gasteiger partial charge in [0.2, 0.25) is 0 Å². The van der Waals surface area contributed by atoms with Crippen LogP contribution in [-0.4, -0.2) is 11.2 Å². The third-order valence-corrected chi connectivity index (χ3v) is 1.79. The van der Waals surface area contributed by atoms with Gasteiger partial charge in [0, 0.05) is 0 Å². The van der Waals surface area contributed by atoms with E-state index in [1.807, 2.05) is 6.08 Å². The Balaban J connectivity index is 3.19. The van der Waals surface area contributed by atoms with Crippen LogP contribution in [0.3, 0.4) is 0 Å². The number of aliphatic hydroxyl groups is 1. The van der Waals surface area contributed by atoms with E-state index in [-0.39, 0.29) is 6.10 Å². The lowest BCUT2D eigenvalue weighted by Gasteiger charge is -1.98. The van der Waals surface area contributed by atoms with E-state index in [9.17, 15) is 0 Å². The molecule has 0 rings (SSSR count). The van der Waals surface area contributed by atoms with Crippen LogP contribution in [0.25, 0.3) is 0 Å². The predicted octanol–water partition coefficient (Wildman–Crippen LogP) is 3.06. The molecule has 0 aliphatic carbocycles. The van der Waals surface area contributed by atoms with Gasteiger partial charge in [0.05, 0.1) is 6.10 Å². The average Bonchev–Trinajstić information content (AvgIpc) is 2.10. The van der Waals surface area contributed by atoms with Crippen molar-refractivity contribution in [3.8, 4) is 0 Å². The number of allylic oxidation sites excluding steroid dienone is 1. The minimum absolute atomic E-state index is 0.368. The summed E-state index contributed by atoms with van der Waals surface area (Å²) >= 11 is 0. The van der Waals surface area contributed by atoms with Gasteiger partial charge in [0.25, 0.3) is 0 Å². The van der Waals surface area contributed by atoms with Crippen molar-refractivity contribution >= 4 is 0 Å². The summed E-state index contributed by atoms with van der Waals surface area (Å²) in [6.45, 7) is 5.70. The molecule has 0 radical (unpaired) electrons. The van der Waals surface area contributed by atoms with Crippen molar-refractivity contribution in [2.24, 2.45) is 0 Å². The van der Waals surface area contributed by atoms with Crippen molar-refractivity contribution in [3.63, 3.8) is 0 Å². The summed E-state index contributed by atoms with van der Waals surface area (Å²) in [5, 5.41) is 9.09. The summed E-state index contributed by atoms with van der Waals surface area (Å²) in [6, 6.07) is 0. The van der Waals surface area contributed by atoms with Crippen LogP contribution in [0.4, 0.5) is 0 Å². The fraction of sp³-hybridized carbons (Fsp3) is 0.636. The van der Waals surface area contributed by atoms with Crippen LogP contribution in [0.2, 0.25) is 0 Å². The Bertz CT molecular complexity index is 127. The van der Waals surface area contributed by atoms with Crippen LogP contribution in [0.15, 0.2) is 24.8 Å². The molecule has 1 heteroatoms. The summed E-state index contributed by atoms with van der Waals surface area (Å²) in [7, 11) is 0. The van der Waals surface area contributed by atoms with Crippen molar-refractivity contribution in [1.29, 1.82) is 0 Å². The van der Waals surface area contributed by atoms with Gasteiger partial charge >= 0.3 is 0 Å². The zero-order chi connectivity index (χ0) is 9.23. The van der Waals surface area contributed by atoms with Crippen molar-refractivity contribution < 1.29 is 5.11 Å². The monoisotopic (exact) mass is 168 g/mol. The highest BCUT2D eigenvalue weighted by atomic mass is 16.3. The molecule has 1 atom stereocenters. The SMILES string of the molecule is C=CC(O)CC=CCCCCC. The first-order valence-electron chi connectivity index (χ1n) is 4.76. The maximum atomic E-state index is 9.09. The van der Waals surface area contributed by atoms with E-state index in [1.165, 1.54) is 19.3 Å². The van der Waals surface area contributed by atoms with E-state index in [4.69, 9.17) is 5.11 Å². The molecule has 12 heavy (non-hydrogen) atoms. The highest BCUT2D eigenvalue weighted by Crippen LogP contribution is 2.01. The number of rotatable bonds is 7. The van der Waals surface area contributed by atoms with Gasteiger partial charge in [0.15, 0.2) is 0 Å². The minimum atomic E-state index is -0.368. The first kappa shape index (κ1) is 11.4. The van der Waals surface area contributed by atoms with E-state index in [1.54, 1.807) is 6.08 Å². The van der Waals surface area contributed by atoms with Gasteiger partial charge in [-0.1, -0.05) is 38.0 Å². The Morgan fingerprint density at radius 3 is 2.67 bits per heavy atom. The molecule has 0 aliphatic heterocycles. The van der Waals surface area contributed by atoms with Crippen molar-refractivity contribution in [1.82, 2.24) is 0 Å². The normalized spacial score (nSPS) is 13.5. The average molecular weight is 168 g/mol. The predicted molar refractivity (Wildman–Crippen MR) is 54.1 cm³/mol. The van der Waals surface area contributed by atoms with E-state index < -0.39 is 0 Å². The quantitative estimate of drug-likeness (QED) is 0.457. The molecule has 0 bridgehead atoms. The molecule has 0 spiro atoms. The zero-order valence-electron chi connectivity index (χ0n) is 8.00. The summed E-state index contributed by atoms with van der Waals surface area (Å²) in [6.07, 6.45) is 11.0.